The third kappa shape index (κ3) is 14.0. The number of amidine groups is 1. The Morgan fingerprint density at radius 2 is 1.56 bits per heavy atom. The number of carbonyl (C=O) groups is 3. The minimum absolute atomic E-state index is 0.0637. The van der Waals surface area contributed by atoms with Gasteiger partial charge in [0.15, 0.2) is 9.84 Å². The van der Waals surface area contributed by atoms with Gasteiger partial charge in [-0.15, -0.1) is 0 Å². The molecule has 0 radical (unpaired) electrons. The first-order valence-corrected chi connectivity index (χ1v) is 32.4. The molecule has 89 heavy (non-hydrogen) atoms. The summed E-state index contributed by atoms with van der Waals surface area (Å²) < 4.78 is 54.7. The highest BCUT2D eigenvalue weighted by Crippen LogP contribution is 2.41. The average Bonchev–Trinajstić information content (AvgIpc) is 2.03. The molecule has 0 bridgehead atoms. The molecule has 22 nitrogen and oxygen atoms in total. The number of nitrogens with zero attached hydrogens (tertiary/aromatic N) is 13. The van der Waals surface area contributed by atoms with Crippen LogP contribution in [0.2, 0.25) is 0 Å². The van der Waals surface area contributed by atoms with Gasteiger partial charge in [0.05, 0.1) is 46.9 Å². The average molecular weight is 1240 g/mol. The van der Waals surface area contributed by atoms with Gasteiger partial charge < -0.3 is 39.0 Å². The van der Waals surface area contributed by atoms with Crippen molar-refractivity contribution in [3.8, 4) is 5.75 Å². The molecule has 5 aliphatic rings. The molecule has 8 heterocycles. The Hall–Kier alpha value is -7.41. The number of hydrogen-bond donors (Lipinski definition) is 1. The molecule has 0 aliphatic carbocycles. The summed E-state index contributed by atoms with van der Waals surface area (Å²) in [6, 6.07) is 10.6. The first-order chi connectivity index (χ1) is 42.0. The molecule has 24 heteroatoms. The van der Waals surface area contributed by atoms with Crippen molar-refractivity contribution in [2.45, 2.75) is 135 Å². The zero-order chi connectivity index (χ0) is 64.1. The van der Waals surface area contributed by atoms with E-state index >= 15 is 0 Å². The summed E-state index contributed by atoms with van der Waals surface area (Å²) in [5, 5.41) is 3.86. The van der Waals surface area contributed by atoms with E-state index in [1.807, 2.05) is 66.4 Å². The summed E-state index contributed by atoms with van der Waals surface area (Å²) in [5.74, 6) is 1.34. The van der Waals surface area contributed by atoms with Gasteiger partial charge in [-0.2, -0.15) is 0 Å². The number of hydrogen-bond acceptors (Lipinski definition) is 18. The highest BCUT2D eigenvalue weighted by molar-refractivity contribution is 7.92. The third-order valence-electron chi connectivity index (χ3n) is 17.9. The van der Waals surface area contributed by atoms with Crippen molar-refractivity contribution < 1.29 is 36.7 Å². The maximum absolute atomic E-state index is 14.8. The maximum Gasteiger partial charge on any atom is 0.410 e. The van der Waals surface area contributed by atoms with E-state index in [9.17, 15) is 32.0 Å². The van der Waals surface area contributed by atoms with Gasteiger partial charge in [-0.25, -0.2) is 37.5 Å². The Morgan fingerprint density at radius 3 is 2.21 bits per heavy atom. The normalized spacial score (nSPS) is 20.5. The van der Waals surface area contributed by atoms with E-state index in [4.69, 9.17) is 9.47 Å². The summed E-state index contributed by atoms with van der Waals surface area (Å²) in [5.41, 5.74) is 4.51. The summed E-state index contributed by atoms with van der Waals surface area (Å²) in [4.78, 5) is 93.8. The molecule has 3 fully saturated rings. The number of benzene rings is 2. The Kier molecular flexibility index (Phi) is 18.5. The second kappa shape index (κ2) is 25.5. The highest BCUT2D eigenvalue weighted by atomic mass is 32.2. The third-order valence-corrected chi connectivity index (χ3v) is 20.4. The Balaban J connectivity index is 0.738. The summed E-state index contributed by atoms with van der Waals surface area (Å²) in [6.07, 6.45) is 5.19. The van der Waals surface area contributed by atoms with E-state index in [0.29, 0.717) is 124 Å². The number of fused-ring (bicyclic) bond motifs is 2. The molecule has 3 aromatic heterocycles. The number of rotatable bonds is 15. The molecule has 2 aromatic carbocycles. The molecule has 0 saturated carbocycles. The van der Waals surface area contributed by atoms with Crippen LogP contribution in [-0.2, 0) is 38.3 Å². The van der Waals surface area contributed by atoms with Gasteiger partial charge >= 0.3 is 6.09 Å². The maximum atomic E-state index is 14.8. The zero-order valence-corrected chi connectivity index (χ0v) is 54.7. The van der Waals surface area contributed by atoms with Gasteiger partial charge in [-0.3, -0.25) is 34.1 Å². The minimum atomic E-state index is -3.84. The van der Waals surface area contributed by atoms with Crippen LogP contribution in [-0.4, -0.2) is 208 Å². The molecule has 3 atom stereocenters. The summed E-state index contributed by atoms with van der Waals surface area (Å²) in [6.45, 7) is 30.4. The predicted octanol–water partition coefficient (Wildman–Crippen LogP) is 6.95. The molecule has 478 valence electrons. The van der Waals surface area contributed by atoms with Crippen LogP contribution < -0.4 is 25.4 Å². The largest absolute Gasteiger partial charge is 0.492 e. The smallest absolute Gasteiger partial charge is 0.410 e. The summed E-state index contributed by atoms with van der Waals surface area (Å²) in [7, 11) is -2.09. The van der Waals surface area contributed by atoms with Crippen LogP contribution >= 0.6 is 0 Å². The van der Waals surface area contributed by atoms with Gasteiger partial charge in [-0.1, -0.05) is 26.0 Å². The molecule has 3 saturated heterocycles. The fourth-order valence-corrected chi connectivity index (χ4v) is 14.0. The fraction of sp³-hybridized carbons (Fsp3) is 0.554. The van der Waals surface area contributed by atoms with Gasteiger partial charge in [0, 0.05) is 145 Å². The number of piperazine rings is 3. The number of amides is 3. The second-order valence-electron chi connectivity index (χ2n) is 27.2. The Labute approximate surface area is 522 Å². The second-order valence-corrected chi connectivity index (χ2v) is 29.9. The number of halogens is 1. The van der Waals surface area contributed by atoms with Gasteiger partial charge in [0.1, 0.15) is 40.0 Å². The number of carbonyl (C=O) groups excluding carboxylic acids is 3. The number of ether oxygens (including phenoxy) is 2. The lowest BCUT2D eigenvalue weighted by Crippen LogP contribution is -2.65. The highest BCUT2D eigenvalue weighted by Gasteiger charge is 2.44. The van der Waals surface area contributed by atoms with Crippen molar-refractivity contribution in [2.75, 3.05) is 113 Å². The lowest BCUT2D eigenvalue weighted by atomic mass is 9.90. The standard InChI is InChI=1S/C65H87FN14O8S/c1-41-31-67-57(44(41)4)72-58-50-29-54(89(85,86)64(8,9)10)53(30-51(50)70-40-71-58)87-26-14-19-74-20-22-75(23-21-74)61-68-32-47(33-69-61)60(83)77-25-24-76(42(2)34-77)36-49-37-79(62(84)88-63(5,6)7)43(3)35-78(49)38-55(81)80-39-65(11,12)56-52(80)28-46(59(82)73(56)13)27-45-15-17-48(66)18-16-45/h15-18,28-30,32-33,40,42-43,49H,14,19-27,31,34-39H2,1-13H3,(H,67,70,71,72)/t42-,43-,49+/m1/s1. The number of sulfone groups is 1. The molecular weight excluding hydrogens is 1160 g/mol. The molecule has 0 spiro atoms. The number of aliphatic imine (C=N–C) groups is 1. The van der Waals surface area contributed by atoms with Crippen molar-refractivity contribution in [1.29, 1.82) is 0 Å². The van der Waals surface area contributed by atoms with Crippen molar-refractivity contribution in [3.63, 3.8) is 0 Å². The van der Waals surface area contributed by atoms with Crippen molar-refractivity contribution in [3.05, 3.63) is 111 Å². The van der Waals surface area contributed by atoms with E-state index in [2.05, 4.69) is 56.8 Å². The van der Waals surface area contributed by atoms with Crippen LogP contribution in [0.3, 0.4) is 0 Å². The molecule has 5 aliphatic heterocycles. The predicted molar refractivity (Wildman–Crippen MR) is 343 cm³/mol. The first-order valence-electron chi connectivity index (χ1n) is 30.9. The van der Waals surface area contributed by atoms with E-state index in [1.54, 1.807) is 78.8 Å². The summed E-state index contributed by atoms with van der Waals surface area (Å²) >= 11 is 0. The molecule has 10 rings (SSSR count). The zero-order valence-electron chi connectivity index (χ0n) is 53.9. The topological polar surface area (TPSA) is 224 Å². The first kappa shape index (κ1) is 64.6. The van der Waals surface area contributed by atoms with E-state index in [0.717, 1.165) is 42.0 Å². The molecule has 5 aromatic rings. The van der Waals surface area contributed by atoms with Crippen LogP contribution in [0.15, 0.2) is 87.0 Å². The van der Waals surface area contributed by atoms with Crippen molar-refractivity contribution in [2.24, 2.45) is 12.0 Å². The van der Waals surface area contributed by atoms with Crippen LogP contribution in [0.1, 0.15) is 117 Å². The van der Waals surface area contributed by atoms with E-state index in [-0.39, 0.29) is 64.9 Å². The lowest BCUT2D eigenvalue weighted by Gasteiger charge is -2.48. The Bertz CT molecular complexity index is 3740. The van der Waals surface area contributed by atoms with Crippen LogP contribution in [0.4, 0.5) is 26.6 Å². The number of aromatic nitrogens is 5. The van der Waals surface area contributed by atoms with E-state index in [1.165, 1.54) is 18.5 Å². The monoisotopic (exact) mass is 1240 g/mol. The van der Waals surface area contributed by atoms with Gasteiger partial charge in [-0.05, 0) is 117 Å². The van der Waals surface area contributed by atoms with E-state index < -0.39 is 31.7 Å². The van der Waals surface area contributed by atoms with Crippen molar-refractivity contribution >= 4 is 61.9 Å². The quantitative estimate of drug-likeness (QED) is 0.105. The molecule has 3 amide bonds. The van der Waals surface area contributed by atoms with Gasteiger partial charge in [0.2, 0.25) is 11.9 Å². The number of pyridine rings is 1. The number of nitrogens with one attached hydrogen (secondary N) is 1. The van der Waals surface area contributed by atoms with Crippen LogP contribution in [0.5, 0.6) is 5.75 Å². The molecular formula is C65H87FN14O8S. The minimum Gasteiger partial charge on any atom is -0.492 e. The van der Waals surface area contributed by atoms with Gasteiger partial charge in [0.25, 0.3) is 11.5 Å². The number of anilines is 3. The fourth-order valence-electron chi connectivity index (χ4n) is 12.7. The molecule has 1 N–H and O–H groups in total. The van der Waals surface area contributed by atoms with Crippen LogP contribution in [0.25, 0.3) is 10.9 Å². The Morgan fingerprint density at radius 1 is 0.854 bits per heavy atom. The lowest BCUT2D eigenvalue weighted by molar-refractivity contribution is -0.121. The van der Waals surface area contributed by atoms with Crippen LogP contribution in [0, 0.1) is 5.82 Å². The SMILES string of the molecule is CC1=C(C)C(Nc2ncnc3cc(OCCCN4CCN(c5ncc(C(=O)N6CCN(C[C@H]7CN(C(=O)OC(C)(C)C)[C@H](C)CN7CC(=O)N7CC(C)(C)c8c7cc(Cc7ccc(F)cc7)c(=O)n8C)[C@H](C)C6)cn5)CC4)c(S(=O)(=O)C(C)(C)C)cc23)=NC1. The van der Waals surface area contributed by atoms with Crippen molar-refractivity contribution in [1.82, 2.24) is 49.0 Å². The molecule has 0 unspecified atom stereocenters.